The summed E-state index contributed by atoms with van der Waals surface area (Å²) in [5, 5.41) is 3.74. The van der Waals surface area contributed by atoms with Crippen molar-refractivity contribution in [1.82, 2.24) is 10.2 Å². The average Bonchev–Trinajstić information content (AvgIpc) is 2.38. The van der Waals surface area contributed by atoms with Crippen LogP contribution in [0.5, 0.6) is 0 Å². The van der Waals surface area contributed by atoms with Crippen LogP contribution < -0.4 is 5.32 Å². The summed E-state index contributed by atoms with van der Waals surface area (Å²) >= 11 is 0. The van der Waals surface area contributed by atoms with Crippen molar-refractivity contribution in [3.05, 3.63) is 35.9 Å². The van der Waals surface area contributed by atoms with Gasteiger partial charge in [-0.1, -0.05) is 64.4 Å². The molecule has 1 aromatic carbocycles. The maximum atomic E-state index is 3.74. The largest absolute Gasteiger partial charge is 0.311 e. The predicted octanol–water partition coefficient (Wildman–Crippen LogP) is 3.85. The molecule has 1 fully saturated rings. The molecule has 2 rings (SSSR count). The lowest BCUT2D eigenvalue weighted by molar-refractivity contribution is 0.0876. The number of hydrogen-bond donors (Lipinski definition) is 1. The SMILES string of the molecule is CCCC1CN(CC(C)(C)C)C(c2ccccc2)CN1. The Hall–Kier alpha value is -0.860. The van der Waals surface area contributed by atoms with Crippen LogP contribution in [0.3, 0.4) is 0 Å². The summed E-state index contributed by atoms with van der Waals surface area (Å²) in [6.07, 6.45) is 2.54. The molecule has 112 valence electrons. The van der Waals surface area contributed by atoms with E-state index in [-0.39, 0.29) is 0 Å². The van der Waals surface area contributed by atoms with Gasteiger partial charge in [0.15, 0.2) is 0 Å². The zero-order valence-corrected chi connectivity index (χ0v) is 13.5. The molecule has 0 amide bonds. The second-order valence-corrected chi connectivity index (χ2v) is 7.31. The van der Waals surface area contributed by atoms with E-state index >= 15 is 0 Å². The third-order valence-corrected chi connectivity index (χ3v) is 3.99. The molecule has 20 heavy (non-hydrogen) atoms. The van der Waals surface area contributed by atoms with Gasteiger partial charge in [0.25, 0.3) is 0 Å². The standard InChI is InChI=1S/C18H30N2/c1-5-9-16-13-20(14-18(2,3)4)17(12-19-16)15-10-7-6-8-11-15/h6-8,10-11,16-17,19H,5,9,12-14H2,1-4H3. The van der Waals surface area contributed by atoms with E-state index in [1.807, 2.05) is 0 Å². The second-order valence-electron chi connectivity index (χ2n) is 7.31. The molecule has 1 aliphatic heterocycles. The molecule has 1 aromatic rings. The van der Waals surface area contributed by atoms with Gasteiger partial charge in [-0.15, -0.1) is 0 Å². The van der Waals surface area contributed by atoms with E-state index in [1.165, 1.54) is 24.9 Å². The van der Waals surface area contributed by atoms with Crippen molar-refractivity contribution in [3.63, 3.8) is 0 Å². The van der Waals surface area contributed by atoms with Crippen molar-refractivity contribution in [2.24, 2.45) is 5.41 Å². The highest BCUT2D eigenvalue weighted by Gasteiger charge is 2.30. The fourth-order valence-corrected chi connectivity index (χ4v) is 3.21. The smallest absolute Gasteiger partial charge is 0.0473 e. The van der Waals surface area contributed by atoms with E-state index in [2.05, 4.69) is 68.2 Å². The Bertz CT molecular complexity index is 394. The van der Waals surface area contributed by atoms with Crippen molar-refractivity contribution >= 4 is 0 Å². The number of benzene rings is 1. The lowest BCUT2D eigenvalue weighted by Gasteiger charge is -2.43. The zero-order valence-electron chi connectivity index (χ0n) is 13.5. The minimum absolute atomic E-state index is 0.348. The quantitative estimate of drug-likeness (QED) is 0.897. The number of rotatable bonds is 4. The molecule has 1 aliphatic rings. The first-order chi connectivity index (χ1) is 9.49. The Balaban J connectivity index is 2.13. The fourth-order valence-electron chi connectivity index (χ4n) is 3.21. The Morgan fingerprint density at radius 1 is 1.20 bits per heavy atom. The molecule has 0 aliphatic carbocycles. The molecule has 2 heteroatoms. The van der Waals surface area contributed by atoms with Gasteiger partial charge in [0, 0.05) is 31.7 Å². The van der Waals surface area contributed by atoms with Gasteiger partial charge in [-0.3, -0.25) is 4.90 Å². The Labute approximate surface area is 124 Å². The highest BCUT2D eigenvalue weighted by molar-refractivity contribution is 5.20. The molecule has 2 unspecified atom stereocenters. The topological polar surface area (TPSA) is 15.3 Å². The third-order valence-electron chi connectivity index (χ3n) is 3.99. The summed E-state index contributed by atoms with van der Waals surface area (Å²) in [5.41, 5.74) is 1.79. The predicted molar refractivity (Wildman–Crippen MR) is 86.9 cm³/mol. The van der Waals surface area contributed by atoms with E-state index in [1.54, 1.807) is 0 Å². The molecule has 1 heterocycles. The lowest BCUT2D eigenvalue weighted by atomic mass is 9.92. The van der Waals surface area contributed by atoms with Crippen LogP contribution in [-0.4, -0.2) is 30.6 Å². The Morgan fingerprint density at radius 3 is 2.50 bits per heavy atom. The van der Waals surface area contributed by atoms with Crippen LogP contribution >= 0.6 is 0 Å². The van der Waals surface area contributed by atoms with Gasteiger partial charge in [-0.05, 0) is 17.4 Å². The maximum Gasteiger partial charge on any atom is 0.0473 e. The first-order valence-electron chi connectivity index (χ1n) is 8.02. The number of hydrogen-bond acceptors (Lipinski definition) is 2. The number of nitrogens with one attached hydrogen (secondary N) is 1. The van der Waals surface area contributed by atoms with E-state index in [4.69, 9.17) is 0 Å². The van der Waals surface area contributed by atoms with Crippen LogP contribution in [0.15, 0.2) is 30.3 Å². The van der Waals surface area contributed by atoms with Crippen LogP contribution in [0, 0.1) is 5.41 Å². The van der Waals surface area contributed by atoms with Gasteiger partial charge in [0.1, 0.15) is 0 Å². The average molecular weight is 274 g/mol. The van der Waals surface area contributed by atoms with Gasteiger partial charge >= 0.3 is 0 Å². The van der Waals surface area contributed by atoms with Crippen molar-refractivity contribution in [1.29, 1.82) is 0 Å². The molecule has 2 atom stereocenters. The first-order valence-corrected chi connectivity index (χ1v) is 8.02. The summed E-state index contributed by atoms with van der Waals surface area (Å²) in [6.45, 7) is 12.7. The van der Waals surface area contributed by atoms with Gasteiger partial charge in [0.2, 0.25) is 0 Å². The fraction of sp³-hybridized carbons (Fsp3) is 0.667. The molecule has 0 aromatic heterocycles. The van der Waals surface area contributed by atoms with E-state index in [9.17, 15) is 0 Å². The van der Waals surface area contributed by atoms with Crippen LogP contribution in [0.25, 0.3) is 0 Å². The van der Waals surface area contributed by atoms with Crippen molar-refractivity contribution in [2.45, 2.75) is 52.6 Å². The van der Waals surface area contributed by atoms with Crippen molar-refractivity contribution in [3.8, 4) is 0 Å². The van der Waals surface area contributed by atoms with Gasteiger partial charge in [-0.25, -0.2) is 0 Å². The number of piperazine rings is 1. The summed E-state index contributed by atoms with van der Waals surface area (Å²) in [7, 11) is 0. The summed E-state index contributed by atoms with van der Waals surface area (Å²) in [5.74, 6) is 0. The highest BCUT2D eigenvalue weighted by Crippen LogP contribution is 2.28. The molecule has 0 bridgehead atoms. The molecule has 0 radical (unpaired) electrons. The van der Waals surface area contributed by atoms with E-state index in [0.29, 0.717) is 17.5 Å². The van der Waals surface area contributed by atoms with E-state index in [0.717, 1.165) is 13.1 Å². The van der Waals surface area contributed by atoms with Crippen LogP contribution in [0.4, 0.5) is 0 Å². The van der Waals surface area contributed by atoms with Gasteiger partial charge in [0.05, 0.1) is 0 Å². The second kappa shape index (κ2) is 6.73. The molecule has 1 saturated heterocycles. The zero-order chi connectivity index (χ0) is 14.6. The maximum absolute atomic E-state index is 3.74. The molecular weight excluding hydrogens is 244 g/mol. The molecule has 1 N–H and O–H groups in total. The number of nitrogens with zero attached hydrogens (tertiary/aromatic N) is 1. The van der Waals surface area contributed by atoms with Gasteiger partial charge in [-0.2, -0.15) is 0 Å². The minimum Gasteiger partial charge on any atom is -0.311 e. The minimum atomic E-state index is 0.348. The van der Waals surface area contributed by atoms with Crippen molar-refractivity contribution in [2.75, 3.05) is 19.6 Å². The summed E-state index contributed by atoms with van der Waals surface area (Å²) in [6, 6.07) is 12.1. The van der Waals surface area contributed by atoms with Crippen molar-refractivity contribution < 1.29 is 0 Å². The molecule has 2 nitrogen and oxygen atoms in total. The van der Waals surface area contributed by atoms with Gasteiger partial charge < -0.3 is 5.32 Å². The normalized spacial score (nSPS) is 24.8. The highest BCUT2D eigenvalue weighted by atomic mass is 15.2. The molecule has 0 spiro atoms. The molecular formula is C18H30N2. The van der Waals surface area contributed by atoms with Crippen LogP contribution in [0.2, 0.25) is 0 Å². The monoisotopic (exact) mass is 274 g/mol. The lowest BCUT2D eigenvalue weighted by Crippen LogP contribution is -2.53. The Kier molecular flexibility index (Phi) is 5.22. The summed E-state index contributed by atoms with van der Waals surface area (Å²) in [4.78, 5) is 2.69. The summed E-state index contributed by atoms with van der Waals surface area (Å²) < 4.78 is 0. The van der Waals surface area contributed by atoms with Crippen LogP contribution in [-0.2, 0) is 0 Å². The first kappa shape index (κ1) is 15.5. The third kappa shape index (κ3) is 4.32. The van der Waals surface area contributed by atoms with E-state index < -0.39 is 0 Å². The molecule has 0 saturated carbocycles. The van der Waals surface area contributed by atoms with Crippen LogP contribution in [0.1, 0.15) is 52.1 Å². The Morgan fingerprint density at radius 2 is 1.90 bits per heavy atom.